The van der Waals surface area contributed by atoms with Crippen LogP contribution in [0.2, 0.25) is 0 Å². The van der Waals surface area contributed by atoms with Gasteiger partial charge in [-0.25, -0.2) is 0 Å². The van der Waals surface area contributed by atoms with E-state index in [2.05, 4.69) is 17.7 Å². The highest BCUT2D eigenvalue weighted by Crippen LogP contribution is 2.22. The van der Waals surface area contributed by atoms with Crippen molar-refractivity contribution in [3.63, 3.8) is 0 Å². The summed E-state index contributed by atoms with van der Waals surface area (Å²) < 4.78 is 0. The summed E-state index contributed by atoms with van der Waals surface area (Å²) in [6, 6.07) is 2.45. The van der Waals surface area contributed by atoms with E-state index < -0.39 is 0 Å². The maximum Gasteiger partial charge on any atom is 0.00708 e. The van der Waals surface area contributed by atoms with Gasteiger partial charge >= 0.3 is 0 Å². The lowest BCUT2D eigenvalue weighted by Crippen LogP contribution is -2.43. The molecule has 0 amide bonds. The van der Waals surface area contributed by atoms with Crippen LogP contribution < -0.4 is 10.6 Å². The van der Waals surface area contributed by atoms with Crippen LogP contribution in [0.3, 0.4) is 0 Å². The zero-order valence-corrected chi connectivity index (χ0v) is 10.1. The van der Waals surface area contributed by atoms with Gasteiger partial charge in [0.25, 0.3) is 0 Å². The first-order valence-electron chi connectivity index (χ1n) is 6.82. The highest BCUT2D eigenvalue weighted by Gasteiger charge is 2.22. The highest BCUT2D eigenvalue weighted by atomic mass is 15.0. The maximum atomic E-state index is 3.87. The fourth-order valence-corrected chi connectivity index (χ4v) is 3.15. The van der Waals surface area contributed by atoms with Crippen LogP contribution in [0.25, 0.3) is 0 Å². The molecule has 0 saturated heterocycles. The number of hydrogen-bond acceptors (Lipinski definition) is 2. The van der Waals surface area contributed by atoms with Crippen LogP contribution in [0, 0.1) is 0 Å². The van der Waals surface area contributed by atoms with Crippen LogP contribution in [-0.4, -0.2) is 25.2 Å². The molecule has 2 aliphatic carbocycles. The Labute approximate surface area is 94.2 Å². The van der Waals surface area contributed by atoms with Gasteiger partial charge in [0.2, 0.25) is 0 Å². The van der Waals surface area contributed by atoms with Gasteiger partial charge in [-0.15, -0.1) is 0 Å². The molecule has 0 bridgehead atoms. The van der Waals surface area contributed by atoms with E-state index in [9.17, 15) is 0 Å². The summed E-state index contributed by atoms with van der Waals surface area (Å²) in [5.41, 5.74) is 0. The molecule has 0 aromatic heterocycles. The van der Waals surface area contributed by atoms with Crippen LogP contribution >= 0.6 is 0 Å². The summed E-state index contributed by atoms with van der Waals surface area (Å²) in [5, 5.41) is 7.27. The number of rotatable bonds is 3. The van der Waals surface area contributed by atoms with Gasteiger partial charge in [0, 0.05) is 18.1 Å². The van der Waals surface area contributed by atoms with E-state index >= 15 is 0 Å². The third-order valence-corrected chi connectivity index (χ3v) is 4.21. The lowest BCUT2D eigenvalue weighted by Gasteiger charge is -2.33. The zero-order valence-electron chi connectivity index (χ0n) is 10.1. The summed E-state index contributed by atoms with van der Waals surface area (Å²) >= 11 is 0. The van der Waals surface area contributed by atoms with Gasteiger partial charge in [-0.05, 0) is 45.6 Å². The Balaban J connectivity index is 1.67. The van der Waals surface area contributed by atoms with Crippen molar-refractivity contribution >= 4 is 0 Å². The largest absolute Gasteiger partial charge is 0.317 e. The second-order valence-electron chi connectivity index (χ2n) is 5.34. The number of hydrogen-bond donors (Lipinski definition) is 2. The third-order valence-electron chi connectivity index (χ3n) is 4.21. The van der Waals surface area contributed by atoms with Crippen molar-refractivity contribution in [2.45, 2.75) is 75.9 Å². The van der Waals surface area contributed by atoms with E-state index in [0.717, 1.165) is 18.1 Å². The summed E-state index contributed by atoms with van der Waals surface area (Å²) in [4.78, 5) is 0. The molecule has 0 atom stereocenters. The van der Waals surface area contributed by atoms with E-state index in [1.54, 1.807) is 0 Å². The van der Waals surface area contributed by atoms with E-state index in [1.165, 1.54) is 57.8 Å². The second-order valence-corrected chi connectivity index (χ2v) is 5.34. The lowest BCUT2D eigenvalue weighted by atomic mass is 9.89. The van der Waals surface area contributed by atoms with Gasteiger partial charge in [0.05, 0.1) is 0 Å². The smallest absolute Gasteiger partial charge is 0.00708 e. The predicted octanol–water partition coefficient (Wildman–Crippen LogP) is 2.44. The van der Waals surface area contributed by atoms with E-state index in [1.807, 2.05) is 0 Å². The first-order chi connectivity index (χ1) is 7.38. The van der Waals surface area contributed by atoms with Crippen molar-refractivity contribution in [2.75, 3.05) is 7.05 Å². The molecule has 2 saturated carbocycles. The van der Waals surface area contributed by atoms with Gasteiger partial charge in [0.15, 0.2) is 0 Å². The Morgan fingerprint density at radius 3 is 1.80 bits per heavy atom. The Morgan fingerprint density at radius 2 is 1.20 bits per heavy atom. The molecule has 2 nitrogen and oxygen atoms in total. The van der Waals surface area contributed by atoms with Gasteiger partial charge in [-0.1, -0.05) is 19.3 Å². The molecular weight excluding hydrogens is 184 g/mol. The van der Waals surface area contributed by atoms with E-state index in [-0.39, 0.29) is 0 Å². The van der Waals surface area contributed by atoms with Crippen molar-refractivity contribution in [3.05, 3.63) is 0 Å². The van der Waals surface area contributed by atoms with Crippen molar-refractivity contribution < 1.29 is 0 Å². The van der Waals surface area contributed by atoms with E-state index in [4.69, 9.17) is 0 Å². The first kappa shape index (κ1) is 11.4. The molecule has 2 heteroatoms. The van der Waals surface area contributed by atoms with Crippen LogP contribution in [0.1, 0.15) is 57.8 Å². The van der Waals surface area contributed by atoms with Crippen LogP contribution in [0.5, 0.6) is 0 Å². The summed E-state index contributed by atoms with van der Waals surface area (Å²) in [6.45, 7) is 0. The molecule has 2 N–H and O–H groups in total. The molecule has 0 aromatic rings. The molecule has 2 rings (SSSR count). The van der Waals surface area contributed by atoms with Crippen LogP contribution in [0.15, 0.2) is 0 Å². The Hall–Kier alpha value is -0.0800. The van der Waals surface area contributed by atoms with Crippen LogP contribution in [-0.2, 0) is 0 Å². The third kappa shape index (κ3) is 3.46. The van der Waals surface area contributed by atoms with Crippen LogP contribution in [0.4, 0.5) is 0 Å². The first-order valence-corrected chi connectivity index (χ1v) is 6.82. The highest BCUT2D eigenvalue weighted by molar-refractivity contribution is 4.83. The molecular formula is C13H26N2. The fraction of sp³-hybridized carbons (Fsp3) is 1.00. The normalized spacial score (nSPS) is 34.2. The number of nitrogens with one attached hydrogen (secondary N) is 2. The quantitative estimate of drug-likeness (QED) is 0.747. The average molecular weight is 210 g/mol. The molecule has 2 aliphatic rings. The summed E-state index contributed by atoms with van der Waals surface area (Å²) in [5.74, 6) is 0. The van der Waals surface area contributed by atoms with Gasteiger partial charge in [-0.2, -0.15) is 0 Å². The summed E-state index contributed by atoms with van der Waals surface area (Å²) in [7, 11) is 2.10. The second kappa shape index (κ2) is 5.86. The minimum atomic E-state index is 0.786. The minimum absolute atomic E-state index is 0.786. The minimum Gasteiger partial charge on any atom is -0.317 e. The molecule has 0 heterocycles. The van der Waals surface area contributed by atoms with Crippen molar-refractivity contribution in [3.8, 4) is 0 Å². The summed E-state index contributed by atoms with van der Waals surface area (Å²) in [6.07, 6.45) is 12.7. The molecule has 15 heavy (non-hydrogen) atoms. The van der Waals surface area contributed by atoms with Crippen molar-refractivity contribution in [2.24, 2.45) is 0 Å². The standard InChI is InChI=1S/C13H26N2/c1-14-11-7-9-13(10-8-11)15-12-5-3-2-4-6-12/h11-15H,2-10H2,1H3. The van der Waals surface area contributed by atoms with Crippen molar-refractivity contribution in [1.82, 2.24) is 10.6 Å². The molecule has 2 fully saturated rings. The molecule has 0 aliphatic heterocycles. The molecule has 88 valence electrons. The molecule has 0 aromatic carbocycles. The fourth-order valence-electron chi connectivity index (χ4n) is 3.15. The molecule has 0 radical (unpaired) electrons. The van der Waals surface area contributed by atoms with Gasteiger partial charge < -0.3 is 10.6 Å². The lowest BCUT2D eigenvalue weighted by molar-refractivity contribution is 0.267. The van der Waals surface area contributed by atoms with Gasteiger partial charge in [-0.3, -0.25) is 0 Å². The SMILES string of the molecule is CNC1CCC(NC2CCCCC2)CC1. The van der Waals surface area contributed by atoms with Crippen molar-refractivity contribution in [1.29, 1.82) is 0 Å². The Morgan fingerprint density at radius 1 is 0.667 bits per heavy atom. The molecule has 0 spiro atoms. The topological polar surface area (TPSA) is 24.1 Å². The van der Waals surface area contributed by atoms with E-state index in [0.29, 0.717) is 0 Å². The monoisotopic (exact) mass is 210 g/mol. The van der Waals surface area contributed by atoms with Gasteiger partial charge in [0.1, 0.15) is 0 Å². The Bertz CT molecular complexity index is 167. The maximum absolute atomic E-state index is 3.87. The predicted molar refractivity (Wildman–Crippen MR) is 65.1 cm³/mol. The molecule has 0 unspecified atom stereocenters. The zero-order chi connectivity index (χ0) is 10.5. The Kier molecular flexibility index (Phi) is 4.45. The average Bonchev–Trinajstić information content (AvgIpc) is 2.31.